The minimum Gasteiger partial charge on any atom is -0.393 e. The van der Waals surface area contributed by atoms with E-state index in [4.69, 9.17) is 0 Å². The van der Waals surface area contributed by atoms with Gasteiger partial charge in [-0.15, -0.1) is 0 Å². The van der Waals surface area contributed by atoms with Gasteiger partial charge in [-0.05, 0) is 97.2 Å². The van der Waals surface area contributed by atoms with Crippen molar-refractivity contribution in [3.05, 3.63) is 0 Å². The Labute approximate surface area is 167 Å². The standard InChI is InChI=1S/C25H44O2/c1-6-15(3)18-8-9-19-22-20(11-13-24(18,19)4)25(5)12-10-16(26)14-21(25)17(7-2)23(22)27/h15-23,26-27H,6-14H2,1-5H3/t15-,16-,17-,18-,19?,20?,21+,22?,23-,24-,25-/m1/s1. The van der Waals surface area contributed by atoms with Crippen LogP contribution in [-0.4, -0.2) is 22.4 Å². The first-order chi connectivity index (χ1) is 12.8. The van der Waals surface area contributed by atoms with Crippen molar-refractivity contribution in [1.29, 1.82) is 0 Å². The maximum absolute atomic E-state index is 11.7. The lowest BCUT2D eigenvalue weighted by Gasteiger charge is -2.64. The second-order valence-electron chi connectivity index (χ2n) is 11.5. The fourth-order valence-corrected chi connectivity index (χ4v) is 9.22. The van der Waals surface area contributed by atoms with E-state index >= 15 is 0 Å². The summed E-state index contributed by atoms with van der Waals surface area (Å²) in [6.45, 7) is 12.2. The van der Waals surface area contributed by atoms with E-state index in [1.165, 1.54) is 38.5 Å². The molecule has 0 heterocycles. The van der Waals surface area contributed by atoms with Crippen LogP contribution in [-0.2, 0) is 0 Å². The molecule has 0 spiro atoms. The van der Waals surface area contributed by atoms with E-state index in [0.29, 0.717) is 40.4 Å². The molecular weight excluding hydrogens is 332 g/mol. The Hall–Kier alpha value is -0.0800. The van der Waals surface area contributed by atoms with E-state index in [-0.39, 0.29) is 12.2 Å². The molecule has 11 atom stereocenters. The van der Waals surface area contributed by atoms with Gasteiger partial charge in [0.05, 0.1) is 12.2 Å². The highest BCUT2D eigenvalue weighted by Gasteiger charge is 2.64. The summed E-state index contributed by atoms with van der Waals surface area (Å²) in [7, 11) is 0. The summed E-state index contributed by atoms with van der Waals surface area (Å²) >= 11 is 0. The van der Waals surface area contributed by atoms with Crippen molar-refractivity contribution >= 4 is 0 Å². The van der Waals surface area contributed by atoms with Crippen LogP contribution in [0.5, 0.6) is 0 Å². The molecule has 0 bridgehead atoms. The molecule has 4 fully saturated rings. The Morgan fingerprint density at radius 3 is 2.22 bits per heavy atom. The summed E-state index contributed by atoms with van der Waals surface area (Å²) in [4.78, 5) is 0. The van der Waals surface area contributed by atoms with Gasteiger partial charge in [0.15, 0.2) is 0 Å². The SMILES string of the molecule is CC[C@H]1[C@@H](O)C2C3CC[C@H]([C@H](C)CC)[C@@]3(C)CCC2[C@@]2(C)CC[C@@H](O)C[C@@H]12. The second kappa shape index (κ2) is 7.01. The third-order valence-corrected chi connectivity index (χ3v) is 10.8. The number of aliphatic hydroxyl groups excluding tert-OH is 2. The van der Waals surface area contributed by atoms with Gasteiger partial charge < -0.3 is 10.2 Å². The van der Waals surface area contributed by atoms with E-state index in [1.807, 2.05) is 0 Å². The predicted molar refractivity (Wildman–Crippen MR) is 111 cm³/mol. The summed E-state index contributed by atoms with van der Waals surface area (Å²) in [5.74, 6) is 4.44. The average Bonchev–Trinajstić information content (AvgIpc) is 3.00. The summed E-state index contributed by atoms with van der Waals surface area (Å²) < 4.78 is 0. The highest BCUT2D eigenvalue weighted by atomic mass is 16.3. The van der Waals surface area contributed by atoms with Gasteiger partial charge >= 0.3 is 0 Å². The van der Waals surface area contributed by atoms with Crippen LogP contribution in [0.3, 0.4) is 0 Å². The minimum atomic E-state index is -0.149. The Morgan fingerprint density at radius 1 is 0.889 bits per heavy atom. The fraction of sp³-hybridized carbons (Fsp3) is 1.00. The Bertz CT molecular complexity index is 546. The zero-order valence-corrected chi connectivity index (χ0v) is 18.5. The summed E-state index contributed by atoms with van der Waals surface area (Å²) in [6.07, 6.45) is 10.5. The lowest BCUT2D eigenvalue weighted by Crippen LogP contribution is -2.62. The van der Waals surface area contributed by atoms with E-state index in [2.05, 4.69) is 34.6 Å². The molecule has 156 valence electrons. The van der Waals surface area contributed by atoms with Crippen LogP contribution in [0.2, 0.25) is 0 Å². The normalized spacial score (nSPS) is 56.1. The summed E-state index contributed by atoms with van der Waals surface area (Å²) in [5, 5.41) is 22.1. The largest absolute Gasteiger partial charge is 0.393 e. The summed E-state index contributed by atoms with van der Waals surface area (Å²) in [5.41, 5.74) is 0.771. The third kappa shape index (κ3) is 2.79. The van der Waals surface area contributed by atoms with E-state index in [9.17, 15) is 10.2 Å². The van der Waals surface area contributed by atoms with Gasteiger partial charge in [0.1, 0.15) is 0 Å². The molecule has 0 aliphatic heterocycles. The van der Waals surface area contributed by atoms with Gasteiger partial charge in [-0.3, -0.25) is 0 Å². The number of rotatable bonds is 3. The van der Waals surface area contributed by atoms with Crippen molar-refractivity contribution in [1.82, 2.24) is 0 Å². The van der Waals surface area contributed by atoms with Gasteiger partial charge in [0.2, 0.25) is 0 Å². The highest BCUT2D eigenvalue weighted by Crippen LogP contribution is 2.69. The van der Waals surface area contributed by atoms with Crippen LogP contribution in [0, 0.1) is 52.3 Å². The zero-order valence-electron chi connectivity index (χ0n) is 18.5. The second-order valence-corrected chi connectivity index (χ2v) is 11.5. The smallest absolute Gasteiger partial charge is 0.0605 e. The Balaban J connectivity index is 1.69. The highest BCUT2D eigenvalue weighted by molar-refractivity contribution is 5.13. The molecule has 3 unspecified atom stereocenters. The molecule has 4 rings (SSSR count). The van der Waals surface area contributed by atoms with Crippen LogP contribution in [0.15, 0.2) is 0 Å². The van der Waals surface area contributed by atoms with Crippen LogP contribution in [0.25, 0.3) is 0 Å². The topological polar surface area (TPSA) is 40.5 Å². The molecule has 0 aromatic rings. The first-order valence-corrected chi connectivity index (χ1v) is 12.1. The van der Waals surface area contributed by atoms with Gasteiger partial charge in [0.25, 0.3) is 0 Å². The molecular formula is C25H44O2. The van der Waals surface area contributed by atoms with Crippen molar-refractivity contribution in [3.8, 4) is 0 Å². The number of aliphatic hydroxyl groups is 2. The van der Waals surface area contributed by atoms with Crippen LogP contribution >= 0.6 is 0 Å². The molecule has 2 nitrogen and oxygen atoms in total. The molecule has 0 saturated heterocycles. The van der Waals surface area contributed by atoms with E-state index in [0.717, 1.165) is 31.1 Å². The van der Waals surface area contributed by atoms with Gasteiger partial charge in [0, 0.05) is 0 Å². The molecule has 0 aromatic carbocycles. The van der Waals surface area contributed by atoms with Crippen molar-refractivity contribution in [3.63, 3.8) is 0 Å². The maximum atomic E-state index is 11.7. The number of hydrogen-bond acceptors (Lipinski definition) is 2. The predicted octanol–water partition coefficient (Wildman–Crippen LogP) is 5.66. The molecule has 2 N–H and O–H groups in total. The molecule has 4 aliphatic rings. The first kappa shape index (κ1) is 20.2. The van der Waals surface area contributed by atoms with Crippen LogP contribution in [0.4, 0.5) is 0 Å². The molecule has 2 heteroatoms. The van der Waals surface area contributed by atoms with E-state index < -0.39 is 0 Å². The Morgan fingerprint density at radius 2 is 1.56 bits per heavy atom. The lowest BCUT2D eigenvalue weighted by molar-refractivity contribution is -0.203. The fourth-order valence-electron chi connectivity index (χ4n) is 9.22. The Kier molecular flexibility index (Phi) is 5.25. The monoisotopic (exact) mass is 376 g/mol. The lowest BCUT2D eigenvalue weighted by atomic mass is 9.41. The van der Waals surface area contributed by atoms with Crippen molar-refractivity contribution in [2.45, 2.75) is 105 Å². The first-order valence-electron chi connectivity index (χ1n) is 12.1. The van der Waals surface area contributed by atoms with Gasteiger partial charge in [-0.2, -0.15) is 0 Å². The molecule has 27 heavy (non-hydrogen) atoms. The molecule has 4 saturated carbocycles. The van der Waals surface area contributed by atoms with E-state index in [1.54, 1.807) is 0 Å². The molecule has 0 radical (unpaired) electrons. The zero-order chi connectivity index (χ0) is 19.6. The molecule has 0 amide bonds. The average molecular weight is 377 g/mol. The van der Waals surface area contributed by atoms with Crippen molar-refractivity contribution in [2.75, 3.05) is 0 Å². The van der Waals surface area contributed by atoms with Crippen molar-refractivity contribution < 1.29 is 10.2 Å². The van der Waals surface area contributed by atoms with Gasteiger partial charge in [-0.25, -0.2) is 0 Å². The van der Waals surface area contributed by atoms with Gasteiger partial charge in [-0.1, -0.05) is 47.5 Å². The number of hydrogen-bond donors (Lipinski definition) is 2. The molecule has 4 aliphatic carbocycles. The minimum absolute atomic E-state index is 0.143. The van der Waals surface area contributed by atoms with Crippen LogP contribution < -0.4 is 0 Å². The van der Waals surface area contributed by atoms with Crippen LogP contribution in [0.1, 0.15) is 92.4 Å². The van der Waals surface area contributed by atoms with Crippen molar-refractivity contribution in [2.24, 2.45) is 52.3 Å². The third-order valence-electron chi connectivity index (χ3n) is 10.8. The molecule has 0 aromatic heterocycles. The number of fused-ring (bicyclic) bond motifs is 5. The quantitative estimate of drug-likeness (QED) is 0.667. The summed E-state index contributed by atoms with van der Waals surface area (Å²) in [6, 6.07) is 0. The maximum Gasteiger partial charge on any atom is 0.0605 e.